The van der Waals surface area contributed by atoms with Crippen LogP contribution in [-0.4, -0.2) is 18.0 Å². The van der Waals surface area contributed by atoms with Gasteiger partial charge in [-0.3, -0.25) is 4.79 Å². The Morgan fingerprint density at radius 3 is 2.80 bits per heavy atom. The van der Waals surface area contributed by atoms with E-state index in [0.29, 0.717) is 5.92 Å². The third-order valence-electron chi connectivity index (χ3n) is 4.96. The highest BCUT2D eigenvalue weighted by Gasteiger charge is 2.35. The van der Waals surface area contributed by atoms with Crippen LogP contribution in [0.5, 0.6) is 0 Å². The summed E-state index contributed by atoms with van der Waals surface area (Å²) in [6.45, 7) is 0.731. The first-order valence-corrected chi connectivity index (χ1v) is 7.84. The third-order valence-corrected chi connectivity index (χ3v) is 4.96. The molecule has 1 unspecified atom stereocenters. The molecule has 0 aromatic heterocycles. The molecule has 3 nitrogen and oxygen atoms in total. The molecule has 0 saturated heterocycles. The van der Waals surface area contributed by atoms with Crippen LogP contribution < -0.4 is 11.1 Å². The number of fused-ring (bicyclic) bond motifs is 1. The summed E-state index contributed by atoms with van der Waals surface area (Å²) >= 11 is 0. The lowest BCUT2D eigenvalue weighted by Gasteiger charge is -2.32. The zero-order valence-corrected chi connectivity index (χ0v) is 12.0. The maximum absolute atomic E-state index is 12.4. The minimum atomic E-state index is -0.615. The standard InChI is InChI=1S/C17H24N2O/c18-17(10-4-1-5-11-17)16(20)19-12-14-9-8-13-6-2-3-7-15(13)14/h2-3,6-7,14H,1,4-5,8-12,18H2,(H,19,20). The van der Waals surface area contributed by atoms with Crippen molar-refractivity contribution in [2.75, 3.05) is 6.54 Å². The first-order valence-electron chi connectivity index (χ1n) is 7.84. The Kier molecular flexibility index (Phi) is 3.79. The van der Waals surface area contributed by atoms with E-state index in [9.17, 15) is 4.79 Å². The highest BCUT2D eigenvalue weighted by atomic mass is 16.2. The molecule has 20 heavy (non-hydrogen) atoms. The number of benzene rings is 1. The van der Waals surface area contributed by atoms with Crippen molar-refractivity contribution in [2.24, 2.45) is 5.73 Å². The summed E-state index contributed by atoms with van der Waals surface area (Å²) in [5, 5.41) is 3.11. The summed E-state index contributed by atoms with van der Waals surface area (Å²) in [6, 6.07) is 8.57. The maximum Gasteiger partial charge on any atom is 0.240 e. The molecule has 0 bridgehead atoms. The van der Waals surface area contributed by atoms with Crippen LogP contribution in [0, 0.1) is 0 Å². The van der Waals surface area contributed by atoms with Crippen molar-refractivity contribution in [3.05, 3.63) is 35.4 Å². The molecule has 0 aliphatic heterocycles. The Bertz CT molecular complexity index is 492. The van der Waals surface area contributed by atoms with Crippen LogP contribution in [0.4, 0.5) is 0 Å². The van der Waals surface area contributed by atoms with Crippen LogP contribution in [0.2, 0.25) is 0 Å². The third kappa shape index (κ3) is 2.59. The number of nitrogens with two attached hydrogens (primary N) is 1. The normalized spacial score (nSPS) is 24.1. The first-order chi connectivity index (χ1) is 9.69. The molecule has 2 aliphatic carbocycles. The predicted octanol–water partition coefficient (Wildman–Crippen LogP) is 2.49. The molecule has 0 heterocycles. The van der Waals surface area contributed by atoms with Crippen LogP contribution >= 0.6 is 0 Å². The summed E-state index contributed by atoms with van der Waals surface area (Å²) in [5.41, 5.74) is 8.50. The minimum absolute atomic E-state index is 0.0570. The second-order valence-corrected chi connectivity index (χ2v) is 6.36. The van der Waals surface area contributed by atoms with Gasteiger partial charge in [-0.25, -0.2) is 0 Å². The molecule has 1 fully saturated rings. The molecule has 1 amide bonds. The number of nitrogens with one attached hydrogen (secondary N) is 1. The van der Waals surface area contributed by atoms with Gasteiger partial charge in [-0.1, -0.05) is 43.5 Å². The average Bonchev–Trinajstić information content (AvgIpc) is 2.89. The molecule has 1 atom stereocenters. The predicted molar refractivity (Wildman–Crippen MR) is 80.5 cm³/mol. The lowest BCUT2D eigenvalue weighted by atomic mass is 9.82. The van der Waals surface area contributed by atoms with Gasteiger partial charge >= 0.3 is 0 Å². The van der Waals surface area contributed by atoms with E-state index < -0.39 is 5.54 Å². The lowest BCUT2D eigenvalue weighted by molar-refractivity contribution is -0.127. The van der Waals surface area contributed by atoms with E-state index in [1.165, 1.54) is 17.5 Å². The zero-order valence-electron chi connectivity index (χ0n) is 12.0. The van der Waals surface area contributed by atoms with Crippen molar-refractivity contribution in [1.29, 1.82) is 0 Å². The second kappa shape index (κ2) is 5.57. The highest BCUT2D eigenvalue weighted by molar-refractivity contribution is 5.86. The van der Waals surface area contributed by atoms with Gasteiger partial charge in [0.2, 0.25) is 5.91 Å². The summed E-state index contributed by atoms with van der Waals surface area (Å²) in [6.07, 6.45) is 7.30. The van der Waals surface area contributed by atoms with Gasteiger partial charge in [-0.05, 0) is 36.8 Å². The van der Waals surface area contributed by atoms with Crippen LogP contribution in [0.3, 0.4) is 0 Å². The van der Waals surface area contributed by atoms with Crippen LogP contribution in [0.1, 0.15) is 55.6 Å². The number of rotatable bonds is 3. The molecule has 1 saturated carbocycles. The smallest absolute Gasteiger partial charge is 0.240 e. The van der Waals surface area contributed by atoms with Crippen molar-refractivity contribution >= 4 is 5.91 Å². The van der Waals surface area contributed by atoms with Crippen LogP contribution in [0.15, 0.2) is 24.3 Å². The van der Waals surface area contributed by atoms with E-state index in [1.54, 1.807) is 0 Å². The Morgan fingerprint density at radius 1 is 1.25 bits per heavy atom. The van der Waals surface area contributed by atoms with Gasteiger partial charge in [0.05, 0.1) is 5.54 Å². The molecule has 1 aromatic rings. The molecule has 2 aliphatic rings. The fourth-order valence-corrected chi connectivity index (χ4v) is 3.66. The molecule has 3 N–H and O–H groups in total. The van der Waals surface area contributed by atoms with E-state index in [0.717, 1.165) is 45.1 Å². The molecule has 3 rings (SSSR count). The Balaban J connectivity index is 1.59. The molecular weight excluding hydrogens is 248 g/mol. The largest absolute Gasteiger partial charge is 0.354 e. The number of amides is 1. The molecule has 108 valence electrons. The average molecular weight is 272 g/mol. The number of hydrogen-bond acceptors (Lipinski definition) is 2. The summed E-state index contributed by atoms with van der Waals surface area (Å²) in [5.74, 6) is 0.518. The number of hydrogen-bond donors (Lipinski definition) is 2. The van der Waals surface area contributed by atoms with Gasteiger partial charge in [0, 0.05) is 12.5 Å². The number of carbonyl (C=O) groups excluding carboxylic acids is 1. The monoisotopic (exact) mass is 272 g/mol. The van der Waals surface area contributed by atoms with Crippen molar-refractivity contribution in [1.82, 2.24) is 5.32 Å². The first kappa shape index (κ1) is 13.6. The van der Waals surface area contributed by atoms with Gasteiger partial charge in [0.15, 0.2) is 0 Å². The molecule has 0 radical (unpaired) electrons. The second-order valence-electron chi connectivity index (χ2n) is 6.36. The van der Waals surface area contributed by atoms with Gasteiger partial charge in [0.1, 0.15) is 0 Å². The molecule has 3 heteroatoms. The molecule has 1 aromatic carbocycles. The van der Waals surface area contributed by atoms with Crippen molar-refractivity contribution in [3.63, 3.8) is 0 Å². The summed E-state index contributed by atoms with van der Waals surface area (Å²) in [4.78, 5) is 12.4. The maximum atomic E-state index is 12.4. The van der Waals surface area contributed by atoms with Crippen LogP contribution in [-0.2, 0) is 11.2 Å². The topological polar surface area (TPSA) is 55.1 Å². The van der Waals surface area contributed by atoms with Crippen molar-refractivity contribution in [2.45, 2.75) is 56.4 Å². The minimum Gasteiger partial charge on any atom is -0.354 e. The van der Waals surface area contributed by atoms with Gasteiger partial charge in [-0.2, -0.15) is 0 Å². The highest BCUT2D eigenvalue weighted by Crippen LogP contribution is 2.32. The lowest BCUT2D eigenvalue weighted by Crippen LogP contribution is -2.55. The van der Waals surface area contributed by atoms with E-state index >= 15 is 0 Å². The Labute approximate surface area is 120 Å². The van der Waals surface area contributed by atoms with Gasteiger partial charge < -0.3 is 11.1 Å². The number of carbonyl (C=O) groups is 1. The fraction of sp³-hybridized carbons (Fsp3) is 0.588. The van der Waals surface area contributed by atoms with Crippen molar-refractivity contribution < 1.29 is 4.79 Å². The Hall–Kier alpha value is -1.35. The van der Waals surface area contributed by atoms with E-state index in [-0.39, 0.29) is 5.91 Å². The summed E-state index contributed by atoms with van der Waals surface area (Å²) < 4.78 is 0. The molecule has 0 spiro atoms. The van der Waals surface area contributed by atoms with Crippen molar-refractivity contribution in [3.8, 4) is 0 Å². The number of aryl methyl sites for hydroxylation is 1. The van der Waals surface area contributed by atoms with E-state index in [2.05, 4.69) is 29.6 Å². The zero-order chi connectivity index (χ0) is 14.0. The summed E-state index contributed by atoms with van der Waals surface area (Å²) in [7, 11) is 0. The van der Waals surface area contributed by atoms with Crippen LogP contribution in [0.25, 0.3) is 0 Å². The van der Waals surface area contributed by atoms with Gasteiger partial charge in [0.25, 0.3) is 0 Å². The van der Waals surface area contributed by atoms with E-state index in [1.807, 2.05) is 0 Å². The Morgan fingerprint density at radius 2 is 2.00 bits per heavy atom. The SMILES string of the molecule is NC1(C(=O)NCC2CCc3ccccc32)CCCCC1. The molecular formula is C17H24N2O. The fourth-order valence-electron chi connectivity index (χ4n) is 3.66. The van der Waals surface area contributed by atoms with E-state index in [4.69, 9.17) is 5.73 Å². The van der Waals surface area contributed by atoms with Gasteiger partial charge in [-0.15, -0.1) is 0 Å². The quantitative estimate of drug-likeness (QED) is 0.888.